The molecule has 0 aromatic heterocycles. The monoisotopic (exact) mass is 398 g/mol. The van der Waals surface area contributed by atoms with Gasteiger partial charge < -0.3 is 9.47 Å². The molecule has 0 aliphatic heterocycles. The lowest BCUT2D eigenvalue weighted by Crippen LogP contribution is -2.10. The van der Waals surface area contributed by atoms with E-state index in [1.54, 1.807) is 0 Å². The van der Waals surface area contributed by atoms with Crippen LogP contribution in [0.15, 0.2) is 46.9 Å². The van der Waals surface area contributed by atoms with E-state index in [2.05, 4.69) is 50.9 Å². The number of aryl methyl sites for hydroxylation is 1. The Kier molecular flexibility index (Phi) is 5.92. The first-order chi connectivity index (χ1) is 9.70. The van der Waals surface area contributed by atoms with Crippen molar-refractivity contribution < 1.29 is 9.47 Å². The molecule has 2 aromatic rings. The van der Waals surface area contributed by atoms with E-state index < -0.39 is 0 Å². The van der Waals surface area contributed by atoms with Crippen molar-refractivity contribution in [2.45, 2.75) is 12.3 Å². The minimum Gasteiger partial charge on any atom is -0.490 e. The minimum atomic E-state index is 0.525. The standard InChI is InChI=1S/C16H16Br2O2/c1-12-3-2-4-13(11-17)16(12)20-10-9-19-15-7-5-14(18)6-8-15/h2-8H,9-11H2,1H3. The molecule has 0 aliphatic carbocycles. The van der Waals surface area contributed by atoms with Crippen LogP contribution in [0.2, 0.25) is 0 Å². The molecule has 0 fully saturated rings. The molecule has 0 N–H and O–H groups in total. The Labute approximate surface area is 136 Å². The van der Waals surface area contributed by atoms with Gasteiger partial charge in [0.05, 0.1) is 0 Å². The summed E-state index contributed by atoms with van der Waals surface area (Å²) in [7, 11) is 0. The molecule has 0 radical (unpaired) electrons. The predicted molar refractivity (Wildman–Crippen MR) is 88.9 cm³/mol. The van der Waals surface area contributed by atoms with Crippen LogP contribution in [0, 0.1) is 6.92 Å². The molecule has 2 aromatic carbocycles. The van der Waals surface area contributed by atoms with E-state index in [0.29, 0.717) is 13.2 Å². The van der Waals surface area contributed by atoms with E-state index in [9.17, 15) is 0 Å². The summed E-state index contributed by atoms with van der Waals surface area (Å²) in [6.07, 6.45) is 0. The summed E-state index contributed by atoms with van der Waals surface area (Å²) in [5.41, 5.74) is 2.30. The molecule has 0 heterocycles. The van der Waals surface area contributed by atoms with E-state index >= 15 is 0 Å². The molecule has 2 nitrogen and oxygen atoms in total. The first-order valence-electron chi connectivity index (χ1n) is 6.36. The van der Waals surface area contributed by atoms with Crippen molar-refractivity contribution >= 4 is 31.9 Å². The third kappa shape index (κ3) is 4.25. The maximum Gasteiger partial charge on any atom is 0.126 e. The van der Waals surface area contributed by atoms with Crippen LogP contribution in [0.5, 0.6) is 11.5 Å². The molecule has 20 heavy (non-hydrogen) atoms. The number of hydrogen-bond acceptors (Lipinski definition) is 2. The van der Waals surface area contributed by atoms with Crippen LogP contribution in [-0.4, -0.2) is 13.2 Å². The molecule has 0 bridgehead atoms. The summed E-state index contributed by atoms with van der Waals surface area (Å²) in [6, 6.07) is 13.9. The minimum absolute atomic E-state index is 0.525. The highest BCUT2D eigenvalue weighted by molar-refractivity contribution is 9.10. The molecule has 0 amide bonds. The zero-order chi connectivity index (χ0) is 14.4. The van der Waals surface area contributed by atoms with Gasteiger partial charge in [-0.2, -0.15) is 0 Å². The molecule has 0 spiro atoms. The molecular formula is C16H16Br2O2. The first kappa shape index (κ1) is 15.4. The molecule has 4 heteroatoms. The summed E-state index contributed by atoms with van der Waals surface area (Å²) >= 11 is 6.88. The smallest absolute Gasteiger partial charge is 0.126 e. The highest BCUT2D eigenvalue weighted by Gasteiger charge is 2.05. The van der Waals surface area contributed by atoms with Crippen molar-refractivity contribution in [1.82, 2.24) is 0 Å². The van der Waals surface area contributed by atoms with Crippen molar-refractivity contribution in [2.75, 3.05) is 13.2 Å². The van der Waals surface area contributed by atoms with Gasteiger partial charge in [-0.05, 0) is 36.8 Å². The summed E-state index contributed by atoms with van der Waals surface area (Å²) < 4.78 is 12.5. The van der Waals surface area contributed by atoms with Gasteiger partial charge in [-0.15, -0.1) is 0 Å². The first-order valence-corrected chi connectivity index (χ1v) is 8.28. The Bertz CT molecular complexity index is 553. The van der Waals surface area contributed by atoms with E-state index in [-0.39, 0.29) is 0 Å². The Balaban J connectivity index is 1.86. The molecule has 0 saturated heterocycles. The average molecular weight is 400 g/mol. The maximum atomic E-state index is 5.84. The van der Waals surface area contributed by atoms with Gasteiger partial charge in [0.15, 0.2) is 0 Å². The second-order valence-corrected chi connectivity index (χ2v) is 5.82. The fourth-order valence-corrected chi connectivity index (χ4v) is 2.56. The third-order valence-corrected chi connectivity index (χ3v) is 3.98. The Morgan fingerprint density at radius 3 is 2.35 bits per heavy atom. The van der Waals surface area contributed by atoms with Gasteiger partial charge in [0, 0.05) is 15.4 Å². The van der Waals surface area contributed by atoms with Crippen LogP contribution >= 0.6 is 31.9 Å². The van der Waals surface area contributed by atoms with Crippen molar-refractivity contribution in [2.24, 2.45) is 0 Å². The Morgan fingerprint density at radius 2 is 1.65 bits per heavy atom. The lowest BCUT2D eigenvalue weighted by atomic mass is 10.1. The van der Waals surface area contributed by atoms with Gasteiger partial charge in [0.1, 0.15) is 24.7 Å². The van der Waals surface area contributed by atoms with Gasteiger partial charge in [0.25, 0.3) is 0 Å². The van der Waals surface area contributed by atoms with Gasteiger partial charge >= 0.3 is 0 Å². The van der Waals surface area contributed by atoms with Crippen LogP contribution < -0.4 is 9.47 Å². The largest absolute Gasteiger partial charge is 0.490 e. The second kappa shape index (κ2) is 7.70. The summed E-state index contributed by atoms with van der Waals surface area (Å²) in [6.45, 7) is 3.11. The highest BCUT2D eigenvalue weighted by atomic mass is 79.9. The normalized spacial score (nSPS) is 10.3. The van der Waals surface area contributed by atoms with Gasteiger partial charge in [-0.1, -0.05) is 50.1 Å². The van der Waals surface area contributed by atoms with Crippen molar-refractivity contribution in [3.63, 3.8) is 0 Å². The van der Waals surface area contributed by atoms with Gasteiger partial charge in [-0.25, -0.2) is 0 Å². The fourth-order valence-electron chi connectivity index (χ4n) is 1.86. The third-order valence-electron chi connectivity index (χ3n) is 2.85. The fraction of sp³-hybridized carbons (Fsp3) is 0.250. The van der Waals surface area contributed by atoms with Crippen molar-refractivity contribution in [3.8, 4) is 11.5 Å². The number of rotatable bonds is 6. The van der Waals surface area contributed by atoms with Crippen LogP contribution in [0.4, 0.5) is 0 Å². The number of benzene rings is 2. The van der Waals surface area contributed by atoms with Crippen LogP contribution in [-0.2, 0) is 5.33 Å². The Hall–Kier alpha value is -1.000. The topological polar surface area (TPSA) is 18.5 Å². The average Bonchev–Trinajstić information content (AvgIpc) is 2.46. The predicted octanol–water partition coefficient (Wildman–Crippen LogP) is 5.11. The molecule has 0 unspecified atom stereocenters. The van der Waals surface area contributed by atoms with Crippen LogP contribution in [0.1, 0.15) is 11.1 Å². The van der Waals surface area contributed by atoms with E-state index in [4.69, 9.17) is 9.47 Å². The molecule has 0 aliphatic rings. The van der Waals surface area contributed by atoms with Crippen LogP contribution in [0.3, 0.4) is 0 Å². The van der Waals surface area contributed by atoms with Crippen LogP contribution in [0.25, 0.3) is 0 Å². The lowest BCUT2D eigenvalue weighted by molar-refractivity contribution is 0.215. The van der Waals surface area contributed by atoms with E-state index in [0.717, 1.165) is 32.4 Å². The zero-order valence-electron chi connectivity index (χ0n) is 11.2. The highest BCUT2D eigenvalue weighted by Crippen LogP contribution is 2.25. The van der Waals surface area contributed by atoms with Gasteiger partial charge in [0.2, 0.25) is 0 Å². The summed E-state index contributed by atoms with van der Waals surface area (Å²) in [4.78, 5) is 0. The number of hydrogen-bond donors (Lipinski definition) is 0. The maximum absolute atomic E-state index is 5.84. The molecule has 2 rings (SSSR count). The van der Waals surface area contributed by atoms with Gasteiger partial charge in [-0.3, -0.25) is 0 Å². The summed E-state index contributed by atoms with van der Waals surface area (Å²) in [5, 5.41) is 0.789. The SMILES string of the molecule is Cc1cccc(CBr)c1OCCOc1ccc(Br)cc1. The summed E-state index contributed by atoms with van der Waals surface area (Å²) in [5.74, 6) is 1.80. The Morgan fingerprint density at radius 1 is 0.950 bits per heavy atom. The van der Waals surface area contributed by atoms with E-state index in [1.165, 1.54) is 0 Å². The van der Waals surface area contributed by atoms with E-state index in [1.807, 2.05) is 30.3 Å². The number of halogens is 2. The molecule has 0 atom stereocenters. The molecule has 106 valence electrons. The zero-order valence-corrected chi connectivity index (χ0v) is 14.4. The van der Waals surface area contributed by atoms with Crippen molar-refractivity contribution in [1.29, 1.82) is 0 Å². The lowest BCUT2D eigenvalue weighted by Gasteiger charge is -2.13. The molecule has 0 saturated carbocycles. The van der Waals surface area contributed by atoms with Crippen molar-refractivity contribution in [3.05, 3.63) is 58.1 Å². The molecular weight excluding hydrogens is 384 g/mol. The second-order valence-electron chi connectivity index (χ2n) is 4.35. The number of para-hydroxylation sites is 1. The quantitative estimate of drug-likeness (QED) is 0.496. The number of alkyl halides is 1. The number of ether oxygens (including phenoxy) is 2.